The molecule has 3 aromatic rings. The molecule has 3 N–H and O–H groups in total. The fourth-order valence-electron chi connectivity index (χ4n) is 2.49. The SMILES string of the molecule is C[C@@H](CO)Nc1nc(NCc2cccc([N+](=O)[O-])c2)cc(-c2ccccn2)n1. The molecule has 0 saturated heterocycles. The molecule has 0 amide bonds. The van der Waals surface area contributed by atoms with Gasteiger partial charge >= 0.3 is 0 Å². The first kappa shape index (κ1) is 19.2. The van der Waals surface area contributed by atoms with Crippen molar-refractivity contribution in [2.24, 2.45) is 0 Å². The topological polar surface area (TPSA) is 126 Å². The monoisotopic (exact) mass is 380 g/mol. The standard InChI is InChI=1S/C19H20N6O3/c1-13(12-26)22-19-23-17(16-7-2-3-8-20-16)10-18(24-19)21-11-14-5-4-6-15(9-14)25(27)28/h2-10,13,26H,11-12H2,1H3,(H2,21,22,23,24)/t13-/m0/s1. The van der Waals surface area contributed by atoms with Crippen LogP contribution in [0.25, 0.3) is 11.4 Å². The van der Waals surface area contributed by atoms with Crippen molar-refractivity contribution in [3.8, 4) is 11.4 Å². The first-order chi connectivity index (χ1) is 13.5. The first-order valence-electron chi connectivity index (χ1n) is 8.70. The Morgan fingerprint density at radius 3 is 2.71 bits per heavy atom. The van der Waals surface area contributed by atoms with Crippen LogP contribution in [-0.2, 0) is 6.54 Å². The van der Waals surface area contributed by atoms with Gasteiger partial charge in [0.2, 0.25) is 5.95 Å². The summed E-state index contributed by atoms with van der Waals surface area (Å²) in [5, 5.41) is 26.4. The average molecular weight is 380 g/mol. The zero-order chi connectivity index (χ0) is 19.9. The van der Waals surface area contributed by atoms with E-state index in [-0.39, 0.29) is 18.3 Å². The van der Waals surface area contributed by atoms with Gasteiger partial charge in [-0.25, -0.2) is 4.98 Å². The number of non-ortho nitro benzene ring substituents is 1. The van der Waals surface area contributed by atoms with Crippen LogP contribution in [0.2, 0.25) is 0 Å². The molecule has 144 valence electrons. The lowest BCUT2D eigenvalue weighted by molar-refractivity contribution is -0.384. The quantitative estimate of drug-likeness (QED) is 0.402. The fraction of sp³-hybridized carbons (Fsp3) is 0.211. The Morgan fingerprint density at radius 1 is 1.14 bits per heavy atom. The lowest BCUT2D eigenvalue weighted by Crippen LogP contribution is -2.21. The predicted molar refractivity (Wildman–Crippen MR) is 106 cm³/mol. The molecule has 0 aliphatic heterocycles. The number of aliphatic hydroxyl groups is 1. The van der Waals surface area contributed by atoms with Gasteiger partial charge in [-0.15, -0.1) is 0 Å². The molecular weight excluding hydrogens is 360 g/mol. The second kappa shape index (κ2) is 8.87. The van der Waals surface area contributed by atoms with Crippen molar-refractivity contribution < 1.29 is 10.0 Å². The van der Waals surface area contributed by atoms with Crippen LogP contribution in [0, 0.1) is 10.1 Å². The van der Waals surface area contributed by atoms with Gasteiger partial charge < -0.3 is 15.7 Å². The third-order valence-electron chi connectivity index (χ3n) is 3.90. The van der Waals surface area contributed by atoms with E-state index in [4.69, 9.17) is 0 Å². The van der Waals surface area contributed by atoms with Crippen LogP contribution in [0.3, 0.4) is 0 Å². The molecule has 2 aromatic heterocycles. The summed E-state index contributed by atoms with van der Waals surface area (Å²) >= 11 is 0. The molecule has 3 rings (SSSR count). The van der Waals surface area contributed by atoms with Crippen molar-refractivity contribution in [1.82, 2.24) is 15.0 Å². The molecule has 0 aliphatic carbocycles. The van der Waals surface area contributed by atoms with Gasteiger partial charge in [-0.05, 0) is 24.6 Å². The number of aliphatic hydroxyl groups excluding tert-OH is 1. The van der Waals surface area contributed by atoms with Gasteiger partial charge in [-0.1, -0.05) is 18.2 Å². The number of rotatable bonds is 8. The van der Waals surface area contributed by atoms with Gasteiger partial charge in [-0.3, -0.25) is 15.1 Å². The molecule has 0 bridgehead atoms. The van der Waals surface area contributed by atoms with Crippen molar-refractivity contribution in [2.45, 2.75) is 19.5 Å². The Kier molecular flexibility index (Phi) is 6.07. The number of hydrogen-bond donors (Lipinski definition) is 3. The highest BCUT2D eigenvalue weighted by atomic mass is 16.6. The number of anilines is 2. The Labute approximate surface area is 161 Å². The minimum absolute atomic E-state index is 0.0373. The number of aromatic nitrogens is 3. The molecule has 2 heterocycles. The maximum Gasteiger partial charge on any atom is 0.269 e. The van der Waals surface area contributed by atoms with E-state index in [0.29, 0.717) is 29.7 Å². The van der Waals surface area contributed by atoms with Gasteiger partial charge in [0.25, 0.3) is 5.69 Å². The van der Waals surface area contributed by atoms with E-state index in [1.165, 1.54) is 12.1 Å². The maximum absolute atomic E-state index is 10.9. The second-order valence-electron chi connectivity index (χ2n) is 6.19. The molecule has 0 spiro atoms. The molecule has 28 heavy (non-hydrogen) atoms. The van der Waals surface area contributed by atoms with E-state index in [1.807, 2.05) is 25.1 Å². The molecule has 9 nitrogen and oxygen atoms in total. The summed E-state index contributed by atoms with van der Waals surface area (Å²) < 4.78 is 0. The number of nitro benzene ring substituents is 1. The van der Waals surface area contributed by atoms with E-state index in [2.05, 4.69) is 25.6 Å². The van der Waals surface area contributed by atoms with Crippen LogP contribution < -0.4 is 10.6 Å². The number of nitro groups is 1. The smallest absolute Gasteiger partial charge is 0.269 e. The Hall–Kier alpha value is -3.59. The van der Waals surface area contributed by atoms with Crippen LogP contribution in [0.4, 0.5) is 17.5 Å². The number of nitrogens with zero attached hydrogens (tertiary/aromatic N) is 4. The van der Waals surface area contributed by atoms with Crippen LogP contribution in [0.1, 0.15) is 12.5 Å². The highest BCUT2D eigenvalue weighted by Crippen LogP contribution is 2.21. The summed E-state index contributed by atoms with van der Waals surface area (Å²) in [6, 6.07) is 13.5. The number of benzene rings is 1. The van der Waals surface area contributed by atoms with Crippen LogP contribution >= 0.6 is 0 Å². The number of hydrogen-bond acceptors (Lipinski definition) is 8. The molecule has 1 atom stereocenters. The fourth-order valence-corrected chi connectivity index (χ4v) is 2.49. The van der Waals surface area contributed by atoms with Crippen molar-refractivity contribution in [1.29, 1.82) is 0 Å². The lowest BCUT2D eigenvalue weighted by Gasteiger charge is -2.14. The molecule has 0 saturated carbocycles. The summed E-state index contributed by atoms with van der Waals surface area (Å²) in [7, 11) is 0. The normalized spacial score (nSPS) is 11.6. The molecule has 1 aromatic carbocycles. The lowest BCUT2D eigenvalue weighted by atomic mass is 10.2. The Bertz CT molecular complexity index is 951. The highest BCUT2D eigenvalue weighted by Gasteiger charge is 2.11. The third-order valence-corrected chi connectivity index (χ3v) is 3.90. The molecule has 0 unspecified atom stereocenters. The number of nitrogens with one attached hydrogen (secondary N) is 2. The number of pyridine rings is 1. The highest BCUT2D eigenvalue weighted by molar-refractivity contribution is 5.61. The first-order valence-corrected chi connectivity index (χ1v) is 8.70. The molecule has 9 heteroatoms. The second-order valence-corrected chi connectivity index (χ2v) is 6.19. The Morgan fingerprint density at radius 2 is 2.00 bits per heavy atom. The summed E-state index contributed by atoms with van der Waals surface area (Å²) in [4.78, 5) is 23.7. The van der Waals surface area contributed by atoms with Crippen LogP contribution in [-0.4, -0.2) is 37.6 Å². The predicted octanol–water partition coefficient (Wildman–Crippen LogP) is 2.85. The van der Waals surface area contributed by atoms with E-state index in [1.54, 1.807) is 24.4 Å². The van der Waals surface area contributed by atoms with Gasteiger partial charge in [0.05, 0.1) is 22.9 Å². The zero-order valence-corrected chi connectivity index (χ0v) is 15.2. The summed E-state index contributed by atoms with van der Waals surface area (Å²) in [5.41, 5.74) is 2.09. The van der Waals surface area contributed by atoms with Gasteiger partial charge in [0.15, 0.2) is 0 Å². The maximum atomic E-state index is 10.9. The van der Waals surface area contributed by atoms with Gasteiger partial charge in [0, 0.05) is 37.0 Å². The third kappa shape index (κ3) is 4.98. The molecular formula is C19H20N6O3. The van der Waals surface area contributed by atoms with Crippen molar-refractivity contribution in [3.05, 3.63) is 70.4 Å². The van der Waals surface area contributed by atoms with Crippen molar-refractivity contribution in [3.63, 3.8) is 0 Å². The van der Waals surface area contributed by atoms with Gasteiger partial charge in [-0.2, -0.15) is 4.98 Å². The van der Waals surface area contributed by atoms with Crippen molar-refractivity contribution in [2.75, 3.05) is 17.2 Å². The van der Waals surface area contributed by atoms with Crippen molar-refractivity contribution >= 4 is 17.5 Å². The van der Waals surface area contributed by atoms with E-state index in [9.17, 15) is 15.2 Å². The molecule has 0 fully saturated rings. The van der Waals surface area contributed by atoms with Gasteiger partial charge in [0.1, 0.15) is 5.82 Å². The molecule has 0 radical (unpaired) electrons. The van der Waals surface area contributed by atoms with E-state index in [0.717, 1.165) is 5.56 Å². The van der Waals surface area contributed by atoms with Crippen LogP contribution in [0.15, 0.2) is 54.7 Å². The Balaban J connectivity index is 1.85. The summed E-state index contributed by atoms with van der Waals surface area (Å²) in [6.07, 6.45) is 1.68. The minimum Gasteiger partial charge on any atom is -0.394 e. The zero-order valence-electron chi connectivity index (χ0n) is 15.2. The minimum atomic E-state index is -0.425. The summed E-state index contributed by atoms with van der Waals surface area (Å²) in [5.74, 6) is 0.890. The van der Waals surface area contributed by atoms with E-state index < -0.39 is 4.92 Å². The average Bonchev–Trinajstić information content (AvgIpc) is 2.73. The van der Waals surface area contributed by atoms with E-state index >= 15 is 0 Å². The van der Waals surface area contributed by atoms with Crippen LogP contribution in [0.5, 0.6) is 0 Å². The summed E-state index contributed by atoms with van der Waals surface area (Å²) in [6.45, 7) is 2.11. The largest absolute Gasteiger partial charge is 0.394 e. The molecule has 0 aliphatic rings.